The SMILES string of the molecule is CCCC(=O)OP(=O)(O)OCC1OC(n2ccc(=O)[nH]c2=O)C(O)C1O. The van der Waals surface area contributed by atoms with Crippen LogP contribution in [0.25, 0.3) is 0 Å². The zero-order chi connectivity index (χ0) is 19.5. The van der Waals surface area contributed by atoms with E-state index in [4.69, 9.17) is 4.74 Å². The van der Waals surface area contributed by atoms with Crippen molar-refractivity contribution >= 4 is 13.8 Å². The van der Waals surface area contributed by atoms with Crippen molar-refractivity contribution in [1.29, 1.82) is 0 Å². The van der Waals surface area contributed by atoms with Crippen LogP contribution < -0.4 is 11.2 Å². The number of phosphoric acid groups is 1. The van der Waals surface area contributed by atoms with E-state index in [1.807, 2.05) is 4.98 Å². The Balaban J connectivity index is 2.03. The first-order chi connectivity index (χ1) is 12.1. The summed E-state index contributed by atoms with van der Waals surface area (Å²) in [6, 6.07) is 1.02. The second kappa shape index (κ2) is 8.25. The van der Waals surface area contributed by atoms with Gasteiger partial charge in [0.15, 0.2) is 6.23 Å². The van der Waals surface area contributed by atoms with Crippen LogP contribution in [-0.2, 0) is 23.1 Å². The van der Waals surface area contributed by atoms with Gasteiger partial charge in [0.1, 0.15) is 18.3 Å². The summed E-state index contributed by atoms with van der Waals surface area (Å²) in [5.41, 5.74) is -1.54. The number of H-pyrrole nitrogens is 1. The highest BCUT2D eigenvalue weighted by Crippen LogP contribution is 2.44. The van der Waals surface area contributed by atoms with Crippen LogP contribution >= 0.6 is 7.82 Å². The molecule has 2 rings (SSSR count). The molecular formula is C13H19N2O10P. The van der Waals surface area contributed by atoms with Crippen LogP contribution in [0.15, 0.2) is 21.9 Å². The Labute approximate surface area is 146 Å². The van der Waals surface area contributed by atoms with Crippen molar-refractivity contribution in [3.63, 3.8) is 0 Å². The quantitative estimate of drug-likeness (QED) is 0.403. The van der Waals surface area contributed by atoms with Crippen molar-refractivity contribution in [1.82, 2.24) is 9.55 Å². The summed E-state index contributed by atoms with van der Waals surface area (Å²) in [5, 5.41) is 20.0. The fraction of sp³-hybridized carbons (Fsp3) is 0.615. The maximum atomic E-state index is 11.7. The van der Waals surface area contributed by atoms with Crippen LogP contribution in [0.3, 0.4) is 0 Å². The Hall–Kier alpha value is -1.82. The van der Waals surface area contributed by atoms with Gasteiger partial charge in [-0.1, -0.05) is 6.92 Å². The Morgan fingerprint density at radius 1 is 1.38 bits per heavy atom. The predicted molar refractivity (Wildman–Crippen MR) is 84.0 cm³/mol. The molecule has 1 aliphatic heterocycles. The molecule has 0 amide bonds. The fourth-order valence-electron chi connectivity index (χ4n) is 2.30. The zero-order valence-corrected chi connectivity index (χ0v) is 14.6. The minimum absolute atomic E-state index is 0.0770. The topological polar surface area (TPSA) is 177 Å². The van der Waals surface area contributed by atoms with Crippen molar-refractivity contribution in [2.75, 3.05) is 6.61 Å². The Morgan fingerprint density at radius 3 is 2.69 bits per heavy atom. The van der Waals surface area contributed by atoms with Gasteiger partial charge in [-0.15, -0.1) is 0 Å². The number of aromatic nitrogens is 2. The molecule has 0 aromatic carbocycles. The molecule has 1 saturated heterocycles. The Kier molecular flexibility index (Phi) is 6.50. The first-order valence-electron chi connectivity index (χ1n) is 7.67. The lowest BCUT2D eigenvalue weighted by Gasteiger charge is -2.17. The Morgan fingerprint density at radius 2 is 2.08 bits per heavy atom. The number of aliphatic hydroxyl groups is 2. The number of rotatable bonds is 7. The summed E-state index contributed by atoms with van der Waals surface area (Å²) in [7, 11) is -4.72. The number of aromatic amines is 1. The van der Waals surface area contributed by atoms with Gasteiger partial charge in [0, 0.05) is 18.7 Å². The number of nitrogens with zero attached hydrogens (tertiary/aromatic N) is 1. The van der Waals surface area contributed by atoms with Crippen LogP contribution in [0.5, 0.6) is 0 Å². The summed E-state index contributed by atoms with van der Waals surface area (Å²) in [5.74, 6) is -0.927. The maximum absolute atomic E-state index is 11.7. The highest BCUT2D eigenvalue weighted by atomic mass is 31.2. The van der Waals surface area contributed by atoms with E-state index in [-0.39, 0.29) is 6.42 Å². The van der Waals surface area contributed by atoms with E-state index < -0.39 is 56.2 Å². The van der Waals surface area contributed by atoms with Gasteiger partial charge >= 0.3 is 19.5 Å². The van der Waals surface area contributed by atoms with E-state index in [0.717, 1.165) is 16.8 Å². The number of nitrogens with one attached hydrogen (secondary N) is 1. The van der Waals surface area contributed by atoms with Crippen LogP contribution in [0.1, 0.15) is 26.0 Å². The van der Waals surface area contributed by atoms with E-state index in [9.17, 15) is 34.1 Å². The minimum Gasteiger partial charge on any atom is -0.387 e. The highest BCUT2D eigenvalue weighted by molar-refractivity contribution is 7.48. The average Bonchev–Trinajstić information content (AvgIpc) is 2.81. The van der Waals surface area contributed by atoms with Gasteiger partial charge < -0.3 is 19.5 Å². The molecular weight excluding hydrogens is 375 g/mol. The molecule has 146 valence electrons. The van der Waals surface area contributed by atoms with Crippen molar-refractivity contribution < 1.29 is 38.3 Å². The second-order valence-corrected chi connectivity index (χ2v) is 6.92. The van der Waals surface area contributed by atoms with Crippen molar-refractivity contribution in [3.05, 3.63) is 33.1 Å². The second-order valence-electron chi connectivity index (χ2n) is 5.54. The van der Waals surface area contributed by atoms with Gasteiger partial charge in [0.05, 0.1) is 6.61 Å². The number of carbonyl (C=O) groups is 1. The molecule has 4 N–H and O–H groups in total. The molecule has 1 fully saturated rings. The minimum atomic E-state index is -4.72. The number of hydrogen-bond donors (Lipinski definition) is 4. The third kappa shape index (κ3) is 4.87. The largest absolute Gasteiger partial charge is 0.529 e. The molecule has 2 heterocycles. The van der Waals surface area contributed by atoms with Crippen molar-refractivity contribution in [2.24, 2.45) is 0 Å². The first kappa shape index (κ1) is 20.5. The summed E-state index contributed by atoms with van der Waals surface area (Å²) in [4.78, 5) is 45.5. The fourth-order valence-corrected chi connectivity index (χ4v) is 3.03. The van der Waals surface area contributed by atoms with E-state index in [1.54, 1.807) is 6.92 Å². The molecule has 1 aliphatic rings. The van der Waals surface area contributed by atoms with Crippen LogP contribution in [0.4, 0.5) is 0 Å². The molecule has 5 unspecified atom stereocenters. The lowest BCUT2D eigenvalue weighted by molar-refractivity contribution is -0.136. The molecule has 0 aliphatic carbocycles. The van der Waals surface area contributed by atoms with Gasteiger partial charge in [-0.3, -0.25) is 28.6 Å². The predicted octanol–water partition coefficient (Wildman–Crippen LogP) is -1.38. The van der Waals surface area contributed by atoms with E-state index in [1.165, 1.54) is 0 Å². The lowest BCUT2D eigenvalue weighted by atomic mass is 10.1. The Bertz CT molecular complexity index is 805. The van der Waals surface area contributed by atoms with E-state index >= 15 is 0 Å². The molecule has 0 saturated carbocycles. The summed E-state index contributed by atoms with van der Waals surface area (Å²) >= 11 is 0. The first-order valence-corrected chi connectivity index (χ1v) is 9.17. The standard InChI is InChI=1S/C13H19N2O10P/c1-2-3-9(17)25-26(21,22)23-6-7-10(18)11(19)12(24-7)15-5-4-8(16)14-13(15)20/h4-5,7,10-12,18-19H,2-3,6H2,1H3,(H,21,22)(H,14,16,20). The normalized spacial score (nSPS) is 27.8. The number of carbonyl (C=O) groups excluding carboxylic acids is 1. The summed E-state index contributed by atoms with van der Waals surface area (Å²) < 4.78 is 26.7. The molecule has 12 nitrogen and oxygen atoms in total. The lowest BCUT2D eigenvalue weighted by Crippen LogP contribution is -2.37. The monoisotopic (exact) mass is 394 g/mol. The molecule has 0 bridgehead atoms. The molecule has 1 aromatic heterocycles. The number of aliphatic hydroxyl groups excluding tert-OH is 2. The number of phosphoric ester groups is 1. The molecule has 0 spiro atoms. The van der Waals surface area contributed by atoms with Gasteiger partial charge in [-0.2, -0.15) is 0 Å². The van der Waals surface area contributed by atoms with Crippen molar-refractivity contribution in [2.45, 2.75) is 44.3 Å². The van der Waals surface area contributed by atoms with Gasteiger partial charge in [-0.25, -0.2) is 9.36 Å². The molecule has 1 aromatic rings. The summed E-state index contributed by atoms with van der Waals surface area (Å²) in [6.07, 6.45) is -4.40. The van der Waals surface area contributed by atoms with E-state index in [2.05, 4.69) is 9.05 Å². The van der Waals surface area contributed by atoms with Crippen LogP contribution in [-0.4, -0.2) is 55.5 Å². The third-order valence-corrected chi connectivity index (χ3v) is 4.45. The van der Waals surface area contributed by atoms with Gasteiger partial charge in [-0.05, 0) is 6.42 Å². The maximum Gasteiger partial charge on any atom is 0.529 e. The molecule has 0 radical (unpaired) electrons. The summed E-state index contributed by atoms with van der Waals surface area (Å²) in [6.45, 7) is 0.980. The molecule has 5 atom stereocenters. The third-order valence-electron chi connectivity index (χ3n) is 3.54. The van der Waals surface area contributed by atoms with Gasteiger partial charge in [0.2, 0.25) is 0 Å². The van der Waals surface area contributed by atoms with Crippen LogP contribution in [0, 0.1) is 0 Å². The number of hydrogen-bond acceptors (Lipinski definition) is 9. The zero-order valence-electron chi connectivity index (χ0n) is 13.7. The van der Waals surface area contributed by atoms with Gasteiger partial charge in [0.25, 0.3) is 5.56 Å². The average molecular weight is 394 g/mol. The smallest absolute Gasteiger partial charge is 0.387 e. The number of ether oxygens (including phenoxy) is 1. The highest BCUT2D eigenvalue weighted by Gasteiger charge is 2.45. The van der Waals surface area contributed by atoms with Crippen molar-refractivity contribution in [3.8, 4) is 0 Å². The molecule has 26 heavy (non-hydrogen) atoms. The molecule has 13 heteroatoms. The van der Waals surface area contributed by atoms with E-state index in [0.29, 0.717) is 6.42 Å². The van der Waals surface area contributed by atoms with Crippen LogP contribution in [0.2, 0.25) is 0 Å².